The van der Waals surface area contributed by atoms with E-state index in [0.29, 0.717) is 5.56 Å². The highest BCUT2D eigenvalue weighted by molar-refractivity contribution is 5.77. The van der Waals surface area contributed by atoms with E-state index in [0.717, 1.165) is 27.9 Å². The minimum absolute atomic E-state index is 0.0967. The first-order valence-electron chi connectivity index (χ1n) is 10.2. The molecular weight excluding hydrogens is 454 g/mol. The number of carbonyl (C=O) groups excluding carboxylic acids is 4. The SMILES string of the molecule is COC(=O)C1OC(Oc2ccc(C=CCO)cc2N)C(OC(C)=O)C(OC(C)=O)C1OC(C)=O. The number of rotatable bonds is 8. The molecule has 1 heterocycles. The topological polar surface area (TPSA) is 170 Å². The smallest absolute Gasteiger partial charge is 0.339 e. The van der Waals surface area contributed by atoms with E-state index in [9.17, 15) is 19.2 Å². The van der Waals surface area contributed by atoms with E-state index < -0.39 is 54.6 Å². The normalized spacial score (nSPS) is 24.2. The fourth-order valence-electron chi connectivity index (χ4n) is 3.27. The average molecular weight is 481 g/mol. The fourth-order valence-corrected chi connectivity index (χ4v) is 3.27. The zero-order valence-electron chi connectivity index (χ0n) is 19.1. The van der Waals surface area contributed by atoms with Gasteiger partial charge in [0.15, 0.2) is 18.3 Å². The number of aliphatic hydroxyl groups excluding tert-OH is 1. The Morgan fingerprint density at radius 1 is 1.00 bits per heavy atom. The number of nitrogen functional groups attached to an aromatic ring is 1. The van der Waals surface area contributed by atoms with Gasteiger partial charge in [-0.2, -0.15) is 0 Å². The summed E-state index contributed by atoms with van der Waals surface area (Å²) in [6.07, 6.45) is -4.36. The number of anilines is 1. The standard InChI is InChI=1S/C22H27NO11/c1-11(25)30-17-18(31-12(2)26)20(32-13(3)27)22(34-19(17)21(28)29-4)33-16-8-7-14(6-5-9-24)10-15(16)23/h5-8,10,17-20,22,24H,9,23H2,1-4H3. The summed E-state index contributed by atoms with van der Waals surface area (Å²) in [5.74, 6) is -3.25. The number of benzene rings is 1. The highest BCUT2D eigenvalue weighted by Crippen LogP contribution is 2.33. The van der Waals surface area contributed by atoms with Crippen LogP contribution in [0.4, 0.5) is 5.69 Å². The molecule has 1 saturated heterocycles. The maximum atomic E-state index is 12.4. The van der Waals surface area contributed by atoms with E-state index in [4.69, 9.17) is 39.3 Å². The van der Waals surface area contributed by atoms with E-state index >= 15 is 0 Å². The van der Waals surface area contributed by atoms with Gasteiger partial charge in [0.05, 0.1) is 19.4 Å². The second-order valence-corrected chi connectivity index (χ2v) is 7.17. The Bertz CT molecular complexity index is 945. The van der Waals surface area contributed by atoms with Crippen molar-refractivity contribution < 1.29 is 52.7 Å². The highest BCUT2D eigenvalue weighted by Gasteiger charge is 2.55. The second kappa shape index (κ2) is 12.0. The molecule has 0 saturated carbocycles. The summed E-state index contributed by atoms with van der Waals surface area (Å²) in [4.78, 5) is 47.8. The van der Waals surface area contributed by atoms with Crippen molar-refractivity contribution in [2.45, 2.75) is 51.5 Å². The molecule has 0 amide bonds. The van der Waals surface area contributed by atoms with Crippen molar-refractivity contribution in [1.29, 1.82) is 0 Å². The summed E-state index contributed by atoms with van der Waals surface area (Å²) in [6, 6.07) is 4.67. The van der Waals surface area contributed by atoms with Gasteiger partial charge in [0.2, 0.25) is 12.4 Å². The molecular formula is C22H27NO11. The van der Waals surface area contributed by atoms with Gasteiger partial charge in [-0.05, 0) is 17.7 Å². The van der Waals surface area contributed by atoms with Gasteiger partial charge in [0.1, 0.15) is 5.75 Å². The third kappa shape index (κ3) is 6.93. The van der Waals surface area contributed by atoms with Crippen LogP contribution in [-0.2, 0) is 42.9 Å². The second-order valence-electron chi connectivity index (χ2n) is 7.17. The molecule has 12 nitrogen and oxygen atoms in total. The maximum absolute atomic E-state index is 12.4. The molecule has 0 aliphatic carbocycles. The minimum Gasteiger partial charge on any atom is -0.467 e. The molecule has 5 unspecified atom stereocenters. The molecule has 186 valence electrons. The quantitative estimate of drug-likeness (QED) is 0.297. The third-order valence-corrected chi connectivity index (χ3v) is 4.53. The number of hydrogen-bond acceptors (Lipinski definition) is 12. The lowest BCUT2D eigenvalue weighted by Gasteiger charge is -2.43. The number of aliphatic hydroxyl groups is 1. The lowest BCUT2D eigenvalue weighted by molar-refractivity contribution is -0.282. The van der Waals surface area contributed by atoms with E-state index in [1.54, 1.807) is 18.2 Å². The van der Waals surface area contributed by atoms with Crippen LogP contribution in [0.15, 0.2) is 24.3 Å². The third-order valence-electron chi connectivity index (χ3n) is 4.53. The van der Waals surface area contributed by atoms with Crippen LogP contribution >= 0.6 is 0 Å². The van der Waals surface area contributed by atoms with Crippen LogP contribution in [0.25, 0.3) is 6.08 Å². The van der Waals surface area contributed by atoms with Gasteiger partial charge in [-0.25, -0.2) is 4.79 Å². The number of ether oxygens (including phenoxy) is 6. The zero-order chi connectivity index (χ0) is 25.4. The number of nitrogens with two attached hydrogens (primary N) is 1. The Balaban J connectivity index is 2.49. The Hall–Kier alpha value is -3.64. The lowest BCUT2D eigenvalue weighted by atomic mass is 9.97. The van der Waals surface area contributed by atoms with Crippen LogP contribution in [0, 0.1) is 0 Å². The van der Waals surface area contributed by atoms with Crippen molar-refractivity contribution in [2.75, 3.05) is 19.5 Å². The zero-order valence-corrected chi connectivity index (χ0v) is 19.1. The molecule has 5 atom stereocenters. The summed E-state index contributed by atoms with van der Waals surface area (Å²) < 4.78 is 32.0. The molecule has 2 rings (SSSR count). The first-order valence-corrected chi connectivity index (χ1v) is 10.2. The van der Waals surface area contributed by atoms with Gasteiger partial charge in [-0.3, -0.25) is 14.4 Å². The van der Waals surface area contributed by atoms with Crippen LogP contribution in [0.2, 0.25) is 0 Å². The Morgan fingerprint density at radius 3 is 2.12 bits per heavy atom. The van der Waals surface area contributed by atoms with Crippen LogP contribution in [-0.4, -0.2) is 73.4 Å². The summed E-state index contributed by atoms with van der Waals surface area (Å²) in [6.45, 7) is 3.11. The van der Waals surface area contributed by atoms with Gasteiger partial charge >= 0.3 is 23.9 Å². The van der Waals surface area contributed by atoms with E-state index in [1.165, 1.54) is 12.1 Å². The van der Waals surface area contributed by atoms with Gasteiger partial charge in [-0.15, -0.1) is 0 Å². The lowest BCUT2D eigenvalue weighted by Crippen LogP contribution is -2.64. The molecule has 3 N–H and O–H groups in total. The molecule has 1 aliphatic rings. The Morgan fingerprint density at radius 2 is 1.59 bits per heavy atom. The van der Waals surface area contributed by atoms with Crippen molar-refractivity contribution in [2.24, 2.45) is 0 Å². The molecule has 0 aromatic heterocycles. The number of esters is 4. The van der Waals surface area contributed by atoms with E-state index in [2.05, 4.69) is 0 Å². The van der Waals surface area contributed by atoms with E-state index in [1.807, 2.05) is 0 Å². The number of methoxy groups -OCH3 is 1. The van der Waals surface area contributed by atoms with Crippen molar-refractivity contribution in [1.82, 2.24) is 0 Å². The van der Waals surface area contributed by atoms with Crippen molar-refractivity contribution in [3.8, 4) is 5.75 Å². The summed E-state index contributed by atoms with van der Waals surface area (Å²) >= 11 is 0. The molecule has 12 heteroatoms. The predicted molar refractivity (Wildman–Crippen MR) is 115 cm³/mol. The first-order chi connectivity index (χ1) is 16.1. The van der Waals surface area contributed by atoms with Gasteiger partial charge in [0.25, 0.3) is 0 Å². The molecule has 1 aromatic carbocycles. The molecule has 0 radical (unpaired) electrons. The van der Waals surface area contributed by atoms with Crippen LogP contribution in [0.5, 0.6) is 5.75 Å². The largest absolute Gasteiger partial charge is 0.467 e. The number of carbonyl (C=O) groups is 4. The highest BCUT2D eigenvalue weighted by atomic mass is 16.7. The Kier molecular flexibility index (Phi) is 9.39. The van der Waals surface area contributed by atoms with Crippen LogP contribution in [0.3, 0.4) is 0 Å². The predicted octanol–water partition coefficient (Wildman–Crippen LogP) is 0.346. The van der Waals surface area contributed by atoms with E-state index in [-0.39, 0.29) is 18.0 Å². The van der Waals surface area contributed by atoms with Crippen molar-refractivity contribution in [3.63, 3.8) is 0 Å². The summed E-state index contributed by atoms with van der Waals surface area (Å²) in [5.41, 5.74) is 6.88. The monoisotopic (exact) mass is 481 g/mol. The Labute approximate surface area is 195 Å². The molecule has 0 spiro atoms. The van der Waals surface area contributed by atoms with Crippen LogP contribution in [0.1, 0.15) is 26.3 Å². The van der Waals surface area contributed by atoms with Gasteiger partial charge in [-0.1, -0.05) is 18.2 Å². The van der Waals surface area contributed by atoms with Crippen LogP contribution < -0.4 is 10.5 Å². The van der Waals surface area contributed by atoms with Crippen molar-refractivity contribution in [3.05, 3.63) is 29.8 Å². The van der Waals surface area contributed by atoms with Crippen molar-refractivity contribution >= 4 is 35.6 Å². The van der Waals surface area contributed by atoms with Gasteiger partial charge in [0, 0.05) is 20.8 Å². The average Bonchev–Trinajstić information content (AvgIpc) is 2.76. The molecule has 1 fully saturated rings. The first kappa shape index (κ1) is 26.6. The summed E-state index contributed by atoms with van der Waals surface area (Å²) in [7, 11) is 1.09. The number of hydrogen-bond donors (Lipinski definition) is 2. The maximum Gasteiger partial charge on any atom is 0.339 e. The molecule has 1 aromatic rings. The fraction of sp³-hybridized carbons (Fsp3) is 0.455. The summed E-state index contributed by atoms with van der Waals surface area (Å²) in [5, 5.41) is 8.92. The minimum atomic E-state index is -1.58. The van der Waals surface area contributed by atoms with Gasteiger partial charge < -0.3 is 39.3 Å². The molecule has 0 bridgehead atoms. The molecule has 1 aliphatic heterocycles. The molecule has 34 heavy (non-hydrogen) atoms.